The Bertz CT molecular complexity index is 1450. The molecule has 0 N–H and O–H groups in total. The van der Waals surface area contributed by atoms with Crippen LogP contribution in [-0.4, -0.2) is 18.0 Å². The molecule has 2 nitrogen and oxygen atoms in total. The van der Waals surface area contributed by atoms with E-state index in [-0.39, 0.29) is 20.1 Å². The minimum atomic E-state index is -1.34. The van der Waals surface area contributed by atoms with Crippen molar-refractivity contribution in [2.24, 2.45) is 5.92 Å². The molecular formula is C36H38IrN2Si-2. The van der Waals surface area contributed by atoms with Gasteiger partial charge in [0.05, 0.1) is 8.07 Å². The van der Waals surface area contributed by atoms with Crippen LogP contribution < -0.4 is 5.19 Å². The Kier molecular flexibility index (Phi) is 11.8. The van der Waals surface area contributed by atoms with Gasteiger partial charge in [0.1, 0.15) is 0 Å². The van der Waals surface area contributed by atoms with Crippen LogP contribution in [0.1, 0.15) is 30.5 Å². The third-order valence-corrected chi connectivity index (χ3v) is 8.53. The van der Waals surface area contributed by atoms with E-state index in [2.05, 4.69) is 110 Å². The number of nitrogens with zero attached hydrogens (tertiary/aromatic N) is 2. The summed E-state index contributed by atoms with van der Waals surface area (Å²) in [6, 6.07) is 39.5. The molecule has 5 rings (SSSR count). The maximum atomic E-state index is 4.69. The summed E-state index contributed by atoms with van der Waals surface area (Å²) >= 11 is 0. The van der Waals surface area contributed by atoms with Crippen molar-refractivity contribution in [1.82, 2.24) is 9.97 Å². The van der Waals surface area contributed by atoms with Crippen LogP contribution in [-0.2, 0) is 32.9 Å². The van der Waals surface area contributed by atoms with Gasteiger partial charge in [-0.2, -0.15) is 0 Å². The first-order chi connectivity index (χ1) is 18.8. The van der Waals surface area contributed by atoms with Gasteiger partial charge < -0.3 is 9.97 Å². The molecule has 0 spiro atoms. The van der Waals surface area contributed by atoms with Crippen molar-refractivity contribution in [2.75, 3.05) is 0 Å². The molecule has 0 atom stereocenters. The predicted molar refractivity (Wildman–Crippen MR) is 168 cm³/mol. The van der Waals surface area contributed by atoms with Gasteiger partial charge in [0.2, 0.25) is 0 Å². The zero-order valence-corrected chi connectivity index (χ0v) is 27.5. The monoisotopic (exact) mass is 719 g/mol. The van der Waals surface area contributed by atoms with Gasteiger partial charge in [-0.25, -0.2) is 0 Å². The summed E-state index contributed by atoms with van der Waals surface area (Å²) in [7, 11) is -1.34. The van der Waals surface area contributed by atoms with Crippen LogP contribution in [0.2, 0.25) is 19.6 Å². The van der Waals surface area contributed by atoms with Crippen LogP contribution in [0.15, 0.2) is 109 Å². The Morgan fingerprint density at radius 2 is 1.43 bits per heavy atom. The predicted octanol–water partition coefficient (Wildman–Crippen LogP) is 8.43. The summed E-state index contributed by atoms with van der Waals surface area (Å²) in [4.78, 5) is 9.05. The summed E-state index contributed by atoms with van der Waals surface area (Å²) < 4.78 is 0. The minimum Gasteiger partial charge on any atom is -0.305 e. The van der Waals surface area contributed by atoms with Crippen LogP contribution in [0.3, 0.4) is 0 Å². The average molecular weight is 719 g/mol. The molecule has 5 aromatic rings. The molecule has 0 amide bonds. The van der Waals surface area contributed by atoms with Crippen molar-refractivity contribution >= 4 is 13.3 Å². The smallest absolute Gasteiger partial charge is 0.0798 e. The first-order valence-corrected chi connectivity index (χ1v) is 17.2. The van der Waals surface area contributed by atoms with Crippen LogP contribution >= 0.6 is 0 Å². The molecule has 0 aliphatic rings. The number of rotatable bonds is 7. The van der Waals surface area contributed by atoms with Crippen molar-refractivity contribution in [3.8, 4) is 22.5 Å². The van der Waals surface area contributed by atoms with Crippen LogP contribution in [0, 0.1) is 18.1 Å². The summed E-state index contributed by atoms with van der Waals surface area (Å²) in [6.07, 6.45) is 5.99. The quantitative estimate of drug-likeness (QED) is 0.125. The van der Waals surface area contributed by atoms with Gasteiger partial charge in [-0.15, -0.1) is 71.3 Å². The molecule has 0 aliphatic heterocycles. The third kappa shape index (κ3) is 9.20. The standard InChI is InChI=1S/C18H24NSi.C18H14N.Ir/c1-14(2)11-16-12-17(15-9-7-6-8-10-15)19-13-18(16)20(3,4)5;1-2-7-15(8-3-1)13-16-9-6-10-17(14-16)18-11-4-5-12-19-18;/h6-9,12-14H,11H2,1-5H3;1-9,11-12,14H,13H2;/q2*-1;. The number of pyridine rings is 2. The van der Waals surface area contributed by atoms with E-state index >= 15 is 0 Å². The maximum Gasteiger partial charge on any atom is 0.0798 e. The Hall–Kier alpha value is -3.17. The van der Waals surface area contributed by atoms with E-state index in [1.165, 1.54) is 21.9 Å². The second kappa shape index (κ2) is 15.0. The van der Waals surface area contributed by atoms with Gasteiger partial charge in [0.25, 0.3) is 0 Å². The molecule has 40 heavy (non-hydrogen) atoms. The molecule has 1 radical (unpaired) electrons. The van der Waals surface area contributed by atoms with E-state index < -0.39 is 8.07 Å². The van der Waals surface area contributed by atoms with E-state index in [1.807, 2.05) is 54.7 Å². The maximum absolute atomic E-state index is 4.69. The summed E-state index contributed by atoms with van der Waals surface area (Å²) in [6.45, 7) is 11.7. The number of benzene rings is 3. The summed E-state index contributed by atoms with van der Waals surface area (Å²) in [5, 5.41) is 1.49. The van der Waals surface area contributed by atoms with Crippen LogP contribution in [0.25, 0.3) is 22.5 Å². The van der Waals surface area contributed by atoms with Gasteiger partial charge in [0, 0.05) is 32.5 Å². The molecule has 2 aromatic heterocycles. The largest absolute Gasteiger partial charge is 0.305 e. The number of aromatic nitrogens is 2. The van der Waals surface area contributed by atoms with Gasteiger partial charge in [-0.1, -0.05) is 87.6 Å². The molecule has 207 valence electrons. The molecule has 0 bridgehead atoms. The molecule has 0 fully saturated rings. The zero-order chi connectivity index (χ0) is 27.7. The molecule has 0 saturated carbocycles. The number of hydrogen-bond donors (Lipinski definition) is 0. The fourth-order valence-corrected chi connectivity index (χ4v) is 6.20. The average Bonchev–Trinajstić information content (AvgIpc) is 2.94. The second-order valence-corrected chi connectivity index (χ2v) is 16.4. The third-order valence-electron chi connectivity index (χ3n) is 6.47. The van der Waals surface area contributed by atoms with Crippen molar-refractivity contribution in [3.05, 3.63) is 138 Å². The Morgan fingerprint density at radius 1 is 0.700 bits per heavy atom. The Morgan fingerprint density at radius 3 is 2.08 bits per heavy atom. The molecule has 2 heterocycles. The summed E-state index contributed by atoms with van der Waals surface area (Å²) in [5.74, 6) is 0.667. The minimum absolute atomic E-state index is 0. The first-order valence-electron chi connectivity index (χ1n) is 13.7. The Labute approximate surface area is 255 Å². The Balaban J connectivity index is 0.000000215. The molecule has 0 aliphatic carbocycles. The molecular weight excluding hydrogens is 681 g/mol. The fourth-order valence-electron chi connectivity index (χ4n) is 4.61. The van der Waals surface area contributed by atoms with Gasteiger partial charge in [-0.05, 0) is 47.0 Å². The second-order valence-electron chi connectivity index (χ2n) is 11.3. The molecule has 4 heteroatoms. The van der Waals surface area contributed by atoms with Crippen LogP contribution in [0.5, 0.6) is 0 Å². The SMILES string of the molecule is CC(C)Cc1cc(-c2[c-]cccc2)ncc1[Si](C)(C)C.[Ir].[c-]1ccc(Cc2ccccc2)cc1-c1ccccn1. The molecule has 0 saturated heterocycles. The van der Waals surface area contributed by atoms with E-state index in [4.69, 9.17) is 0 Å². The molecule has 0 unspecified atom stereocenters. The first kappa shape index (κ1) is 31.4. The topological polar surface area (TPSA) is 25.8 Å². The van der Waals surface area contributed by atoms with Gasteiger partial charge in [-0.3, -0.25) is 0 Å². The normalized spacial score (nSPS) is 10.8. The van der Waals surface area contributed by atoms with E-state index in [1.54, 1.807) is 0 Å². The van der Waals surface area contributed by atoms with E-state index in [9.17, 15) is 0 Å². The van der Waals surface area contributed by atoms with E-state index in [0.29, 0.717) is 5.92 Å². The fraction of sp³-hybridized carbons (Fsp3) is 0.222. The van der Waals surface area contributed by atoms with E-state index in [0.717, 1.165) is 35.4 Å². The molecule has 3 aromatic carbocycles. The summed E-state index contributed by atoms with van der Waals surface area (Å²) in [5.41, 5.74) is 8.22. The van der Waals surface area contributed by atoms with Crippen molar-refractivity contribution in [3.63, 3.8) is 0 Å². The van der Waals surface area contributed by atoms with Crippen molar-refractivity contribution in [1.29, 1.82) is 0 Å². The van der Waals surface area contributed by atoms with Crippen molar-refractivity contribution in [2.45, 2.75) is 46.3 Å². The van der Waals surface area contributed by atoms with Crippen molar-refractivity contribution < 1.29 is 20.1 Å². The van der Waals surface area contributed by atoms with Crippen LogP contribution in [0.4, 0.5) is 0 Å². The van der Waals surface area contributed by atoms with Gasteiger partial charge >= 0.3 is 0 Å². The number of hydrogen-bond acceptors (Lipinski definition) is 2. The van der Waals surface area contributed by atoms with Gasteiger partial charge in [0.15, 0.2) is 0 Å². The zero-order valence-electron chi connectivity index (χ0n) is 24.1.